The fraction of sp³-hybridized carbons (Fsp3) is 0.242. The second-order valence-corrected chi connectivity index (χ2v) is 9.53. The fourth-order valence-electron chi connectivity index (χ4n) is 4.63. The monoisotopic (exact) mass is 508 g/mol. The maximum Gasteiger partial charge on any atom is 0.248 e. The first-order chi connectivity index (χ1) is 18.5. The van der Waals surface area contributed by atoms with Crippen LogP contribution in [-0.4, -0.2) is 37.6 Å². The lowest BCUT2D eigenvalue weighted by atomic mass is 9.90. The number of primary amides is 1. The van der Waals surface area contributed by atoms with Gasteiger partial charge in [0.1, 0.15) is 0 Å². The number of nitrogens with zero attached hydrogens (tertiary/aromatic N) is 1. The molecule has 0 unspecified atom stereocenters. The molecular formula is C33H36N2O3. The summed E-state index contributed by atoms with van der Waals surface area (Å²) in [6.07, 6.45) is 0.812. The molecule has 0 spiro atoms. The number of rotatable bonds is 13. The van der Waals surface area contributed by atoms with E-state index in [0.29, 0.717) is 23.7 Å². The van der Waals surface area contributed by atoms with Gasteiger partial charge in [0.15, 0.2) is 11.5 Å². The Hall–Kier alpha value is -4.09. The van der Waals surface area contributed by atoms with Gasteiger partial charge in [-0.25, -0.2) is 0 Å². The summed E-state index contributed by atoms with van der Waals surface area (Å²) in [4.78, 5) is 14.1. The van der Waals surface area contributed by atoms with Crippen molar-refractivity contribution in [2.75, 3.05) is 26.8 Å². The van der Waals surface area contributed by atoms with Crippen molar-refractivity contribution in [3.8, 4) is 11.5 Å². The topological polar surface area (TPSA) is 64.8 Å². The average Bonchev–Trinajstić information content (AvgIpc) is 2.95. The number of methoxy groups -OCH3 is 1. The molecular weight excluding hydrogens is 472 g/mol. The molecule has 0 aliphatic rings. The average molecular weight is 509 g/mol. The molecule has 5 nitrogen and oxygen atoms in total. The number of amides is 1. The first-order valence-electron chi connectivity index (χ1n) is 13.0. The Morgan fingerprint density at radius 1 is 0.842 bits per heavy atom. The molecule has 0 saturated heterocycles. The smallest absolute Gasteiger partial charge is 0.248 e. The molecule has 4 rings (SSSR count). The largest absolute Gasteiger partial charge is 0.493 e. The van der Waals surface area contributed by atoms with Gasteiger partial charge < -0.3 is 15.2 Å². The zero-order chi connectivity index (χ0) is 26.7. The predicted octanol–water partition coefficient (Wildman–Crippen LogP) is 6.21. The summed E-state index contributed by atoms with van der Waals surface area (Å²) in [5, 5.41) is 0. The van der Waals surface area contributed by atoms with Crippen LogP contribution in [-0.2, 0) is 6.54 Å². The van der Waals surface area contributed by atoms with Crippen LogP contribution >= 0.6 is 0 Å². The third kappa shape index (κ3) is 7.46. The summed E-state index contributed by atoms with van der Waals surface area (Å²) in [6.45, 7) is 5.17. The van der Waals surface area contributed by atoms with Gasteiger partial charge in [-0.2, -0.15) is 0 Å². The number of nitrogens with two attached hydrogens (primary N) is 1. The molecule has 0 aliphatic carbocycles. The zero-order valence-electron chi connectivity index (χ0n) is 22.2. The minimum atomic E-state index is -0.491. The predicted molar refractivity (Wildman–Crippen MR) is 153 cm³/mol. The van der Waals surface area contributed by atoms with Gasteiger partial charge in [-0.05, 0) is 48.2 Å². The molecule has 0 saturated carbocycles. The van der Waals surface area contributed by atoms with Gasteiger partial charge in [-0.15, -0.1) is 0 Å². The van der Waals surface area contributed by atoms with E-state index < -0.39 is 5.91 Å². The Labute approximate surface area is 225 Å². The van der Waals surface area contributed by atoms with E-state index in [1.807, 2.05) is 0 Å². The van der Waals surface area contributed by atoms with E-state index in [2.05, 4.69) is 96.8 Å². The van der Waals surface area contributed by atoms with E-state index in [9.17, 15) is 4.79 Å². The number of carbonyl (C=O) groups excluding carboxylic acids is 1. The van der Waals surface area contributed by atoms with Crippen LogP contribution in [0.15, 0.2) is 103 Å². The highest BCUT2D eigenvalue weighted by Gasteiger charge is 2.19. The summed E-state index contributed by atoms with van der Waals surface area (Å²) in [6, 6.07) is 35.2. The van der Waals surface area contributed by atoms with Crippen molar-refractivity contribution < 1.29 is 14.3 Å². The van der Waals surface area contributed by atoms with Crippen LogP contribution in [0.25, 0.3) is 0 Å². The highest BCUT2D eigenvalue weighted by Crippen LogP contribution is 2.29. The molecule has 0 aliphatic heterocycles. The van der Waals surface area contributed by atoms with E-state index >= 15 is 0 Å². The number of hydrogen-bond acceptors (Lipinski definition) is 4. The summed E-state index contributed by atoms with van der Waals surface area (Å²) < 4.78 is 11.5. The van der Waals surface area contributed by atoms with Crippen LogP contribution in [0.1, 0.15) is 45.0 Å². The minimum Gasteiger partial charge on any atom is -0.493 e. The first kappa shape index (κ1) is 27.0. The number of benzene rings is 4. The normalized spacial score (nSPS) is 11.1. The lowest BCUT2D eigenvalue weighted by Crippen LogP contribution is -2.30. The molecule has 0 aromatic heterocycles. The van der Waals surface area contributed by atoms with E-state index in [0.717, 1.165) is 26.1 Å². The third-order valence-corrected chi connectivity index (χ3v) is 6.70. The van der Waals surface area contributed by atoms with Crippen molar-refractivity contribution in [2.24, 2.45) is 5.73 Å². The summed E-state index contributed by atoms with van der Waals surface area (Å²) in [5.74, 6) is 0.866. The third-order valence-electron chi connectivity index (χ3n) is 6.70. The van der Waals surface area contributed by atoms with Gasteiger partial charge in [-0.1, -0.05) is 90.5 Å². The second-order valence-electron chi connectivity index (χ2n) is 9.53. The Balaban J connectivity index is 1.50. The maximum atomic E-state index is 11.6. The molecule has 1 amide bonds. The summed E-state index contributed by atoms with van der Waals surface area (Å²) >= 11 is 0. The van der Waals surface area contributed by atoms with Crippen molar-refractivity contribution in [3.63, 3.8) is 0 Å². The lowest BCUT2D eigenvalue weighted by molar-refractivity contribution is 0.0999. The minimum absolute atomic E-state index is 0.246. The van der Waals surface area contributed by atoms with E-state index in [4.69, 9.17) is 15.2 Å². The molecule has 0 heterocycles. The zero-order valence-corrected chi connectivity index (χ0v) is 22.2. The fourth-order valence-corrected chi connectivity index (χ4v) is 4.63. The quantitative estimate of drug-likeness (QED) is 0.218. The van der Waals surface area contributed by atoms with Crippen LogP contribution in [0.5, 0.6) is 11.5 Å². The van der Waals surface area contributed by atoms with Crippen LogP contribution in [0.3, 0.4) is 0 Å². The van der Waals surface area contributed by atoms with E-state index in [1.54, 1.807) is 25.3 Å². The SMILES string of the molecule is COc1ccc(C(N)=O)cc1OCCCN(Cc1ccc(C)cc1)CC(c1ccccc1)c1ccccc1. The van der Waals surface area contributed by atoms with E-state index in [1.165, 1.54) is 22.3 Å². The molecule has 196 valence electrons. The molecule has 4 aromatic carbocycles. The summed E-state index contributed by atoms with van der Waals surface area (Å²) in [5.41, 5.74) is 11.0. The number of hydrogen-bond donors (Lipinski definition) is 1. The highest BCUT2D eigenvalue weighted by atomic mass is 16.5. The van der Waals surface area contributed by atoms with Gasteiger partial charge in [0.2, 0.25) is 5.91 Å². The van der Waals surface area contributed by atoms with Gasteiger partial charge >= 0.3 is 0 Å². The molecule has 5 heteroatoms. The van der Waals surface area contributed by atoms with Crippen LogP contribution in [0.2, 0.25) is 0 Å². The van der Waals surface area contributed by atoms with E-state index in [-0.39, 0.29) is 5.92 Å². The van der Waals surface area contributed by atoms with Crippen LogP contribution in [0.4, 0.5) is 0 Å². The molecule has 0 atom stereocenters. The molecule has 2 N–H and O–H groups in total. The van der Waals surface area contributed by atoms with Gasteiger partial charge in [0.05, 0.1) is 13.7 Å². The number of carbonyl (C=O) groups is 1. The van der Waals surface area contributed by atoms with Crippen LogP contribution in [0, 0.1) is 6.92 Å². The summed E-state index contributed by atoms with van der Waals surface area (Å²) in [7, 11) is 1.59. The number of aryl methyl sites for hydroxylation is 1. The Bertz CT molecular complexity index is 1250. The Morgan fingerprint density at radius 3 is 2.05 bits per heavy atom. The number of ether oxygens (including phenoxy) is 2. The first-order valence-corrected chi connectivity index (χ1v) is 13.0. The van der Waals surface area contributed by atoms with Crippen molar-refractivity contribution >= 4 is 5.91 Å². The van der Waals surface area contributed by atoms with Crippen molar-refractivity contribution in [3.05, 3.63) is 131 Å². The second kappa shape index (κ2) is 13.5. The molecule has 38 heavy (non-hydrogen) atoms. The molecule has 0 radical (unpaired) electrons. The molecule has 4 aromatic rings. The van der Waals surface area contributed by atoms with Gasteiger partial charge in [0, 0.05) is 31.1 Å². The van der Waals surface area contributed by atoms with Gasteiger partial charge in [-0.3, -0.25) is 9.69 Å². The Morgan fingerprint density at radius 2 is 1.47 bits per heavy atom. The van der Waals surface area contributed by atoms with Crippen molar-refractivity contribution in [1.29, 1.82) is 0 Å². The standard InChI is InChI=1S/C33H36N2O3/c1-25-14-16-26(17-15-25)23-35(20-9-21-38-32-22-29(33(34)36)18-19-31(32)37-2)24-30(27-10-5-3-6-11-27)28-12-7-4-8-13-28/h3-8,10-19,22,30H,9,20-21,23-24H2,1-2H3,(H2,34,36). The highest BCUT2D eigenvalue weighted by molar-refractivity contribution is 5.93. The Kier molecular flexibility index (Phi) is 9.54. The molecule has 0 bridgehead atoms. The van der Waals surface area contributed by atoms with Crippen LogP contribution < -0.4 is 15.2 Å². The lowest BCUT2D eigenvalue weighted by Gasteiger charge is -2.28. The van der Waals surface area contributed by atoms with Crippen molar-refractivity contribution in [1.82, 2.24) is 4.90 Å². The van der Waals surface area contributed by atoms with Crippen molar-refractivity contribution in [2.45, 2.75) is 25.8 Å². The van der Waals surface area contributed by atoms with Gasteiger partial charge in [0.25, 0.3) is 0 Å². The molecule has 0 fully saturated rings. The maximum absolute atomic E-state index is 11.6.